The molecule has 4 nitrogen and oxygen atoms in total. The number of likely N-dealkylation sites (tertiary alicyclic amines) is 1. The Morgan fingerprint density at radius 1 is 1.33 bits per heavy atom. The Bertz CT molecular complexity index is 499. The Hall–Kier alpha value is -1.26. The average molecular weight is 291 g/mol. The molecule has 0 spiro atoms. The molecular weight excluding hydrogens is 266 g/mol. The molecule has 116 valence electrons. The van der Waals surface area contributed by atoms with Gasteiger partial charge in [-0.05, 0) is 56.8 Å². The van der Waals surface area contributed by atoms with E-state index in [1.165, 1.54) is 12.0 Å². The molecule has 1 aromatic rings. The van der Waals surface area contributed by atoms with Gasteiger partial charge in [0.1, 0.15) is 0 Å². The number of hydrogen-bond acceptors (Lipinski definition) is 4. The summed E-state index contributed by atoms with van der Waals surface area (Å²) in [5, 5.41) is 10.4. The smallest absolute Gasteiger partial charge is 0.161 e. The highest BCUT2D eigenvalue weighted by Gasteiger charge is 2.51. The molecule has 1 heterocycles. The molecule has 0 aromatic heterocycles. The first-order chi connectivity index (χ1) is 10.2. The number of ether oxygens (including phenoxy) is 2. The molecule has 1 saturated carbocycles. The van der Waals surface area contributed by atoms with E-state index in [9.17, 15) is 5.11 Å². The van der Waals surface area contributed by atoms with E-state index in [4.69, 9.17) is 9.47 Å². The Labute approximate surface area is 126 Å². The van der Waals surface area contributed by atoms with Crippen LogP contribution < -0.4 is 9.47 Å². The summed E-state index contributed by atoms with van der Waals surface area (Å²) in [7, 11) is 1.67. The number of hydrogen-bond donors (Lipinski definition) is 1. The van der Waals surface area contributed by atoms with Crippen LogP contribution in [0, 0.1) is 0 Å². The lowest BCUT2D eigenvalue weighted by molar-refractivity contribution is 0.0481. The van der Waals surface area contributed by atoms with Gasteiger partial charge in [-0.1, -0.05) is 6.07 Å². The standard InChI is InChI=1S/C17H25NO3/c1-3-21-14-7-6-13(11-15(14)20-2)12-18-10-4-5-16(18)17(19)8-9-17/h6-7,11,16,19H,3-5,8-10,12H2,1-2H3. The Kier molecular flexibility index (Phi) is 4.09. The average Bonchev–Trinajstić information content (AvgIpc) is 3.05. The molecule has 0 bridgehead atoms. The fourth-order valence-electron chi connectivity index (χ4n) is 3.40. The largest absolute Gasteiger partial charge is 0.493 e. The highest BCUT2D eigenvalue weighted by molar-refractivity contribution is 5.43. The minimum Gasteiger partial charge on any atom is -0.493 e. The van der Waals surface area contributed by atoms with Crippen LogP contribution in [0.4, 0.5) is 0 Å². The number of rotatable bonds is 6. The SMILES string of the molecule is CCOc1ccc(CN2CCCC2C2(O)CC2)cc1OC. The van der Waals surface area contributed by atoms with Gasteiger partial charge < -0.3 is 14.6 Å². The lowest BCUT2D eigenvalue weighted by Crippen LogP contribution is -2.40. The highest BCUT2D eigenvalue weighted by Crippen LogP contribution is 2.45. The molecular formula is C17H25NO3. The summed E-state index contributed by atoms with van der Waals surface area (Å²) in [4.78, 5) is 2.42. The Morgan fingerprint density at radius 3 is 2.81 bits per heavy atom. The third kappa shape index (κ3) is 3.01. The van der Waals surface area contributed by atoms with Crippen molar-refractivity contribution in [2.45, 2.75) is 50.8 Å². The zero-order valence-electron chi connectivity index (χ0n) is 13.0. The summed E-state index contributed by atoms with van der Waals surface area (Å²) in [6.07, 6.45) is 4.22. The fourth-order valence-corrected chi connectivity index (χ4v) is 3.40. The first-order valence-corrected chi connectivity index (χ1v) is 7.92. The van der Waals surface area contributed by atoms with Gasteiger partial charge in [-0.25, -0.2) is 0 Å². The second-order valence-corrected chi connectivity index (χ2v) is 6.15. The third-order valence-electron chi connectivity index (χ3n) is 4.66. The first kappa shape index (κ1) is 14.7. The monoisotopic (exact) mass is 291 g/mol. The maximum atomic E-state index is 10.4. The summed E-state index contributed by atoms with van der Waals surface area (Å²) in [6.45, 7) is 4.55. The van der Waals surface area contributed by atoms with E-state index in [1.807, 2.05) is 13.0 Å². The molecule has 4 heteroatoms. The van der Waals surface area contributed by atoms with Gasteiger partial charge >= 0.3 is 0 Å². The van der Waals surface area contributed by atoms with Crippen molar-refractivity contribution in [3.05, 3.63) is 23.8 Å². The van der Waals surface area contributed by atoms with Gasteiger partial charge in [-0.15, -0.1) is 0 Å². The molecule has 21 heavy (non-hydrogen) atoms. The van der Waals surface area contributed by atoms with Crippen LogP contribution in [0.25, 0.3) is 0 Å². The highest BCUT2D eigenvalue weighted by atomic mass is 16.5. The Morgan fingerprint density at radius 2 is 2.14 bits per heavy atom. The molecule has 2 fully saturated rings. The molecule has 0 radical (unpaired) electrons. The van der Waals surface area contributed by atoms with Gasteiger partial charge in [0.15, 0.2) is 11.5 Å². The summed E-state index contributed by atoms with van der Waals surface area (Å²) in [5.74, 6) is 1.58. The van der Waals surface area contributed by atoms with Crippen LogP contribution in [0.1, 0.15) is 38.2 Å². The number of benzene rings is 1. The van der Waals surface area contributed by atoms with Crippen LogP contribution in [0.5, 0.6) is 11.5 Å². The van der Waals surface area contributed by atoms with Gasteiger partial charge in [0.05, 0.1) is 19.3 Å². The van der Waals surface area contributed by atoms with Crippen molar-refractivity contribution in [3.63, 3.8) is 0 Å². The van der Waals surface area contributed by atoms with Crippen LogP contribution in [-0.4, -0.2) is 41.9 Å². The lowest BCUT2D eigenvalue weighted by Gasteiger charge is -2.28. The number of nitrogens with zero attached hydrogens (tertiary/aromatic N) is 1. The topological polar surface area (TPSA) is 41.9 Å². The van der Waals surface area contributed by atoms with E-state index < -0.39 is 5.60 Å². The second-order valence-electron chi connectivity index (χ2n) is 6.15. The van der Waals surface area contributed by atoms with Crippen LogP contribution >= 0.6 is 0 Å². The van der Waals surface area contributed by atoms with Crippen LogP contribution in [0.3, 0.4) is 0 Å². The quantitative estimate of drug-likeness (QED) is 0.875. The minimum absolute atomic E-state index is 0.329. The van der Waals surface area contributed by atoms with Crippen molar-refractivity contribution < 1.29 is 14.6 Å². The van der Waals surface area contributed by atoms with E-state index in [0.29, 0.717) is 12.6 Å². The van der Waals surface area contributed by atoms with Crippen LogP contribution in [0.2, 0.25) is 0 Å². The van der Waals surface area contributed by atoms with Gasteiger partial charge in [-0.3, -0.25) is 4.90 Å². The van der Waals surface area contributed by atoms with Gasteiger partial charge in [-0.2, -0.15) is 0 Å². The predicted molar refractivity (Wildman–Crippen MR) is 81.8 cm³/mol. The maximum Gasteiger partial charge on any atom is 0.161 e. The molecule has 2 aliphatic rings. The van der Waals surface area contributed by atoms with Gasteiger partial charge in [0.25, 0.3) is 0 Å². The predicted octanol–water partition coefficient (Wildman–Crippen LogP) is 2.58. The Balaban J connectivity index is 1.72. The molecule has 1 unspecified atom stereocenters. The molecule has 1 aliphatic heterocycles. The first-order valence-electron chi connectivity index (χ1n) is 7.92. The summed E-state index contributed by atoms with van der Waals surface area (Å²) < 4.78 is 11.0. The maximum absolute atomic E-state index is 10.4. The van der Waals surface area contributed by atoms with Gasteiger partial charge in [0.2, 0.25) is 0 Å². The van der Waals surface area contributed by atoms with E-state index in [-0.39, 0.29) is 0 Å². The third-order valence-corrected chi connectivity index (χ3v) is 4.66. The van der Waals surface area contributed by atoms with E-state index in [0.717, 1.165) is 43.9 Å². The molecule has 1 aromatic carbocycles. The molecule has 1 saturated heterocycles. The van der Waals surface area contributed by atoms with Crippen molar-refractivity contribution >= 4 is 0 Å². The summed E-state index contributed by atoms with van der Waals surface area (Å²) >= 11 is 0. The van der Waals surface area contributed by atoms with E-state index in [2.05, 4.69) is 17.0 Å². The van der Waals surface area contributed by atoms with Crippen molar-refractivity contribution in [1.29, 1.82) is 0 Å². The fraction of sp³-hybridized carbons (Fsp3) is 0.647. The molecule has 1 atom stereocenters. The van der Waals surface area contributed by atoms with Gasteiger partial charge in [0, 0.05) is 12.6 Å². The van der Waals surface area contributed by atoms with Crippen LogP contribution in [0.15, 0.2) is 18.2 Å². The number of aliphatic hydroxyl groups is 1. The van der Waals surface area contributed by atoms with Crippen molar-refractivity contribution in [3.8, 4) is 11.5 Å². The van der Waals surface area contributed by atoms with Crippen molar-refractivity contribution in [2.75, 3.05) is 20.3 Å². The second kappa shape index (κ2) is 5.85. The normalized spacial score (nSPS) is 24.0. The summed E-state index contributed by atoms with van der Waals surface area (Å²) in [6, 6.07) is 6.46. The molecule has 1 aliphatic carbocycles. The van der Waals surface area contributed by atoms with E-state index >= 15 is 0 Å². The molecule has 3 rings (SSSR count). The van der Waals surface area contributed by atoms with Crippen LogP contribution in [-0.2, 0) is 6.54 Å². The van der Waals surface area contributed by atoms with Crippen molar-refractivity contribution in [1.82, 2.24) is 4.90 Å². The minimum atomic E-state index is -0.411. The molecule has 1 N–H and O–H groups in total. The number of methoxy groups -OCH3 is 1. The lowest BCUT2D eigenvalue weighted by atomic mass is 10.1. The molecule has 0 amide bonds. The summed E-state index contributed by atoms with van der Waals surface area (Å²) in [5.41, 5.74) is 0.803. The van der Waals surface area contributed by atoms with E-state index in [1.54, 1.807) is 7.11 Å². The van der Waals surface area contributed by atoms with Crippen molar-refractivity contribution in [2.24, 2.45) is 0 Å². The zero-order valence-corrected chi connectivity index (χ0v) is 13.0. The zero-order chi connectivity index (χ0) is 14.9.